The maximum Gasteiger partial charge on any atom is 0.254 e. The third-order valence-electron chi connectivity index (χ3n) is 4.07. The van der Waals surface area contributed by atoms with Crippen LogP contribution >= 0.6 is 0 Å². The van der Waals surface area contributed by atoms with E-state index in [4.69, 9.17) is 4.42 Å². The molecule has 0 aliphatic heterocycles. The van der Waals surface area contributed by atoms with E-state index in [9.17, 15) is 9.18 Å². The molecule has 0 unspecified atom stereocenters. The summed E-state index contributed by atoms with van der Waals surface area (Å²) in [7, 11) is 0. The second-order valence-electron chi connectivity index (χ2n) is 5.56. The molecule has 5 heteroatoms. The van der Waals surface area contributed by atoms with Crippen LogP contribution in [0.15, 0.2) is 59.1 Å². The van der Waals surface area contributed by atoms with Gasteiger partial charge in [0.1, 0.15) is 5.82 Å². The van der Waals surface area contributed by atoms with Crippen LogP contribution in [0, 0.1) is 5.82 Å². The molecule has 0 saturated heterocycles. The summed E-state index contributed by atoms with van der Waals surface area (Å²) < 4.78 is 18.9. The molecule has 3 rings (SSSR count). The molecule has 0 saturated carbocycles. The number of carbonyl (C=O) groups is 1. The Labute approximate surface area is 145 Å². The lowest BCUT2D eigenvalue weighted by Gasteiger charge is -2.19. The van der Waals surface area contributed by atoms with Gasteiger partial charge in [0.2, 0.25) is 5.89 Å². The fourth-order valence-corrected chi connectivity index (χ4v) is 2.68. The molecule has 0 radical (unpaired) electrons. The van der Waals surface area contributed by atoms with Crippen LogP contribution in [0.1, 0.15) is 24.2 Å². The highest BCUT2D eigenvalue weighted by atomic mass is 19.1. The van der Waals surface area contributed by atoms with Crippen LogP contribution in [0.25, 0.3) is 22.8 Å². The average molecular weight is 338 g/mol. The Kier molecular flexibility index (Phi) is 4.93. The smallest absolute Gasteiger partial charge is 0.254 e. The van der Waals surface area contributed by atoms with Crippen molar-refractivity contribution in [1.82, 2.24) is 9.88 Å². The molecule has 1 aromatic heterocycles. The quantitative estimate of drug-likeness (QED) is 0.681. The Bertz CT molecular complexity index is 867. The first kappa shape index (κ1) is 16.9. The van der Waals surface area contributed by atoms with Crippen LogP contribution in [0.5, 0.6) is 0 Å². The second-order valence-corrected chi connectivity index (χ2v) is 5.56. The second kappa shape index (κ2) is 7.30. The number of benzene rings is 2. The van der Waals surface area contributed by atoms with Crippen LogP contribution in [0.2, 0.25) is 0 Å². The Morgan fingerprint density at radius 3 is 2.44 bits per heavy atom. The number of hydrogen-bond acceptors (Lipinski definition) is 3. The maximum atomic E-state index is 13.1. The van der Waals surface area contributed by atoms with Gasteiger partial charge in [0.05, 0.1) is 11.8 Å². The minimum absolute atomic E-state index is 0.0536. The van der Waals surface area contributed by atoms with Crippen molar-refractivity contribution < 1.29 is 13.6 Å². The van der Waals surface area contributed by atoms with Crippen molar-refractivity contribution in [2.24, 2.45) is 0 Å². The number of carbonyl (C=O) groups excluding carboxylic acids is 1. The fourth-order valence-electron chi connectivity index (χ4n) is 2.68. The number of aromatic nitrogens is 1. The first-order valence-corrected chi connectivity index (χ1v) is 8.24. The summed E-state index contributed by atoms with van der Waals surface area (Å²) in [5.74, 6) is 0.538. The van der Waals surface area contributed by atoms with Gasteiger partial charge in [-0.1, -0.05) is 12.1 Å². The molecular formula is C20H19FN2O2. The van der Waals surface area contributed by atoms with E-state index >= 15 is 0 Å². The molecule has 0 N–H and O–H groups in total. The van der Waals surface area contributed by atoms with Crippen molar-refractivity contribution in [2.75, 3.05) is 13.1 Å². The Morgan fingerprint density at radius 2 is 1.76 bits per heavy atom. The van der Waals surface area contributed by atoms with Crippen LogP contribution < -0.4 is 0 Å². The van der Waals surface area contributed by atoms with Gasteiger partial charge < -0.3 is 9.32 Å². The summed E-state index contributed by atoms with van der Waals surface area (Å²) in [6.07, 6.45) is 1.58. The van der Waals surface area contributed by atoms with Gasteiger partial charge >= 0.3 is 0 Å². The standard InChI is InChI=1S/C20H19FN2O2/c1-3-23(4-2)20(24)17-8-6-5-7-16(17)19-22-13-18(25-19)14-9-11-15(21)12-10-14/h5-13H,3-4H2,1-2H3. The van der Waals surface area contributed by atoms with E-state index in [2.05, 4.69) is 4.98 Å². The van der Waals surface area contributed by atoms with Gasteiger partial charge in [0.15, 0.2) is 5.76 Å². The third-order valence-corrected chi connectivity index (χ3v) is 4.07. The first-order chi connectivity index (χ1) is 12.1. The van der Waals surface area contributed by atoms with Crippen molar-refractivity contribution in [2.45, 2.75) is 13.8 Å². The first-order valence-electron chi connectivity index (χ1n) is 8.24. The monoisotopic (exact) mass is 338 g/mol. The Morgan fingerprint density at radius 1 is 1.08 bits per heavy atom. The lowest BCUT2D eigenvalue weighted by atomic mass is 10.1. The molecule has 0 fully saturated rings. The predicted molar refractivity (Wildman–Crippen MR) is 94.6 cm³/mol. The van der Waals surface area contributed by atoms with Gasteiger partial charge in [-0.25, -0.2) is 9.37 Å². The van der Waals surface area contributed by atoms with Crippen LogP contribution in [-0.2, 0) is 0 Å². The average Bonchev–Trinajstić information content (AvgIpc) is 3.13. The minimum atomic E-state index is -0.307. The van der Waals surface area contributed by atoms with Gasteiger partial charge in [-0.2, -0.15) is 0 Å². The van der Waals surface area contributed by atoms with Crippen LogP contribution in [-0.4, -0.2) is 28.9 Å². The molecule has 128 valence electrons. The van der Waals surface area contributed by atoms with Gasteiger partial charge in [0.25, 0.3) is 5.91 Å². The zero-order valence-corrected chi connectivity index (χ0v) is 14.2. The highest BCUT2D eigenvalue weighted by Gasteiger charge is 2.20. The normalized spacial score (nSPS) is 10.7. The van der Waals surface area contributed by atoms with Gasteiger partial charge in [-0.3, -0.25) is 4.79 Å². The number of amides is 1. The summed E-state index contributed by atoms with van der Waals surface area (Å²) in [5, 5.41) is 0. The third kappa shape index (κ3) is 3.45. The summed E-state index contributed by atoms with van der Waals surface area (Å²) in [6, 6.07) is 13.3. The lowest BCUT2D eigenvalue weighted by Crippen LogP contribution is -2.30. The molecule has 25 heavy (non-hydrogen) atoms. The predicted octanol–water partition coefficient (Wildman–Crippen LogP) is 4.63. The zero-order valence-electron chi connectivity index (χ0n) is 14.2. The maximum absolute atomic E-state index is 13.1. The Balaban J connectivity index is 1.98. The molecule has 1 amide bonds. The largest absolute Gasteiger partial charge is 0.436 e. The molecule has 1 heterocycles. The summed E-state index contributed by atoms with van der Waals surface area (Å²) in [6.45, 7) is 5.16. The van der Waals surface area contributed by atoms with Crippen molar-refractivity contribution >= 4 is 5.91 Å². The van der Waals surface area contributed by atoms with E-state index in [-0.39, 0.29) is 11.7 Å². The van der Waals surface area contributed by atoms with Crippen molar-refractivity contribution in [1.29, 1.82) is 0 Å². The molecule has 3 aromatic rings. The highest BCUT2D eigenvalue weighted by Crippen LogP contribution is 2.29. The molecule has 2 aromatic carbocycles. The van der Waals surface area contributed by atoms with Gasteiger partial charge in [-0.05, 0) is 50.2 Å². The van der Waals surface area contributed by atoms with E-state index < -0.39 is 0 Å². The van der Waals surface area contributed by atoms with E-state index in [0.717, 1.165) is 5.56 Å². The number of rotatable bonds is 5. The SMILES string of the molecule is CCN(CC)C(=O)c1ccccc1-c1ncc(-c2ccc(F)cc2)o1. The van der Waals surface area contributed by atoms with E-state index in [0.29, 0.717) is 35.9 Å². The molecule has 0 aliphatic rings. The van der Waals surface area contributed by atoms with Crippen molar-refractivity contribution in [3.05, 3.63) is 66.1 Å². The van der Waals surface area contributed by atoms with Crippen molar-refractivity contribution in [3.8, 4) is 22.8 Å². The molecule has 0 bridgehead atoms. The van der Waals surface area contributed by atoms with E-state index in [1.165, 1.54) is 12.1 Å². The van der Waals surface area contributed by atoms with Crippen LogP contribution in [0.3, 0.4) is 0 Å². The molecule has 0 spiro atoms. The lowest BCUT2D eigenvalue weighted by molar-refractivity contribution is 0.0773. The summed E-state index contributed by atoms with van der Waals surface area (Å²) in [5.41, 5.74) is 1.93. The zero-order chi connectivity index (χ0) is 17.8. The molecular weight excluding hydrogens is 319 g/mol. The topological polar surface area (TPSA) is 46.3 Å². The van der Waals surface area contributed by atoms with Crippen LogP contribution in [0.4, 0.5) is 4.39 Å². The number of nitrogens with zero attached hydrogens (tertiary/aromatic N) is 2. The molecule has 0 aliphatic carbocycles. The van der Waals surface area contributed by atoms with E-state index in [1.54, 1.807) is 29.3 Å². The fraction of sp³-hybridized carbons (Fsp3) is 0.200. The molecule has 0 atom stereocenters. The Hall–Kier alpha value is -2.95. The number of hydrogen-bond donors (Lipinski definition) is 0. The highest BCUT2D eigenvalue weighted by molar-refractivity contribution is 6.00. The minimum Gasteiger partial charge on any atom is -0.436 e. The van der Waals surface area contributed by atoms with E-state index in [1.807, 2.05) is 32.0 Å². The number of halogens is 1. The molecule has 4 nitrogen and oxygen atoms in total. The van der Waals surface area contributed by atoms with Gasteiger partial charge in [-0.15, -0.1) is 0 Å². The number of oxazole rings is 1. The summed E-state index contributed by atoms with van der Waals surface area (Å²) in [4.78, 5) is 18.8. The summed E-state index contributed by atoms with van der Waals surface area (Å²) >= 11 is 0. The van der Waals surface area contributed by atoms with Crippen molar-refractivity contribution in [3.63, 3.8) is 0 Å². The van der Waals surface area contributed by atoms with Gasteiger partial charge in [0, 0.05) is 24.2 Å².